The van der Waals surface area contributed by atoms with Crippen LogP contribution in [0.5, 0.6) is 0 Å². The first kappa shape index (κ1) is 20.0. The molecular formula is C27H46. The van der Waals surface area contributed by atoms with Gasteiger partial charge in [-0.1, -0.05) is 66.0 Å². The predicted octanol–water partition coefficient (Wildman–Crippen LogP) is 8.27. The summed E-state index contributed by atoms with van der Waals surface area (Å²) in [7, 11) is 0. The van der Waals surface area contributed by atoms with Gasteiger partial charge in [0.15, 0.2) is 0 Å². The Kier molecular flexibility index (Phi) is 5.59. The smallest absolute Gasteiger partial charge is 0.00872 e. The van der Waals surface area contributed by atoms with Crippen molar-refractivity contribution in [3.8, 4) is 0 Å². The lowest BCUT2D eigenvalue weighted by Gasteiger charge is -2.59. The molecule has 3 fully saturated rings. The van der Waals surface area contributed by atoms with E-state index in [0.717, 1.165) is 41.4 Å². The largest absolute Gasteiger partial charge is 0.0880 e. The molecule has 8 atom stereocenters. The second-order valence-corrected chi connectivity index (χ2v) is 12.0. The number of rotatable bonds is 5. The molecule has 0 aromatic heterocycles. The Morgan fingerprint density at radius 1 is 0.889 bits per heavy atom. The fourth-order valence-electron chi connectivity index (χ4n) is 8.84. The van der Waals surface area contributed by atoms with Crippen molar-refractivity contribution >= 4 is 0 Å². The maximum atomic E-state index is 2.73. The maximum Gasteiger partial charge on any atom is -0.00872 e. The van der Waals surface area contributed by atoms with Crippen LogP contribution >= 0.6 is 0 Å². The summed E-state index contributed by atoms with van der Waals surface area (Å²) in [6.07, 6.45) is 21.5. The molecule has 27 heavy (non-hydrogen) atoms. The fraction of sp³-hybridized carbons (Fsp3) is 0.926. The van der Waals surface area contributed by atoms with E-state index in [-0.39, 0.29) is 0 Å². The van der Waals surface area contributed by atoms with Crippen LogP contribution in [0.4, 0.5) is 0 Å². The van der Waals surface area contributed by atoms with Gasteiger partial charge < -0.3 is 0 Å². The zero-order chi connectivity index (χ0) is 19.2. The van der Waals surface area contributed by atoms with E-state index in [1.165, 1.54) is 57.8 Å². The third-order valence-corrected chi connectivity index (χ3v) is 10.3. The minimum absolute atomic E-state index is 0.531. The first-order chi connectivity index (χ1) is 12.9. The van der Waals surface area contributed by atoms with Crippen LogP contribution < -0.4 is 0 Å². The van der Waals surface area contributed by atoms with Gasteiger partial charge in [-0.15, -0.1) is 0 Å². The average Bonchev–Trinajstić information content (AvgIpc) is 2.98. The summed E-state index contributed by atoms with van der Waals surface area (Å²) in [6, 6.07) is 0. The van der Waals surface area contributed by atoms with Crippen molar-refractivity contribution in [3.63, 3.8) is 0 Å². The Labute approximate surface area is 170 Å². The Balaban J connectivity index is 1.48. The molecule has 4 rings (SSSR count). The molecule has 3 saturated carbocycles. The predicted molar refractivity (Wildman–Crippen MR) is 118 cm³/mol. The van der Waals surface area contributed by atoms with E-state index in [1.54, 1.807) is 12.8 Å². The lowest BCUT2D eigenvalue weighted by atomic mass is 9.45. The average molecular weight is 371 g/mol. The molecule has 0 saturated heterocycles. The molecular weight excluding hydrogens is 324 g/mol. The normalized spacial score (nSPS) is 47.4. The monoisotopic (exact) mass is 370 g/mol. The fourth-order valence-corrected chi connectivity index (χ4v) is 8.84. The van der Waals surface area contributed by atoms with E-state index in [9.17, 15) is 0 Å². The molecule has 0 aromatic carbocycles. The number of hydrogen-bond acceptors (Lipinski definition) is 0. The van der Waals surface area contributed by atoms with Crippen LogP contribution in [0.2, 0.25) is 0 Å². The molecule has 0 aromatic rings. The summed E-state index contributed by atoms with van der Waals surface area (Å²) in [5.41, 5.74) is 1.18. The molecule has 0 amide bonds. The van der Waals surface area contributed by atoms with E-state index in [1.807, 2.05) is 0 Å². The van der Waals surface area contributed by atoms with Gasteiger partial charge in [0.25, 0.3) is 0 Å². The highest BCUT2D eigenvalue weighted by Crippen LogP contribution is 2.67. The standard InChI is InChI=1S/C27H46/c1-19(2)9-8-10-20(3)23-14-15-24-22-13-12-21-11-6-7-17-26(21,4)25(22)16-18-27(23,24)5/h7,17,19-25H,6,8-16,18H2,1-5H3/t20-,21?,22+,23-,24+,25+,26+,27-/m1/s1. The second kappa shape index (κ2) is 7.53. The van der Waals surface area contributed by atoms with Gasteiger partial charge in [-0.3, -0.25) is 0 Å². The van der Waals surface area contributed by atoms with E-state index in [4.69, 9.17) is 0 Å². The second-order valence-electron chi connectivity index (χ2n) is 12.0. The van der Waals surface area contributed by atoms with Crippen LogP contribution in [-0.4, -0.2) is 0 Å². The highest BCUT2D eigenvalue weighted by Gasteiger charge is 2.59. The van der Waals surface area contributed by atoms with Crippen molar-refractivity contribution in [2.24, 2.45) is 52.3 Å². The molecule has 0 radical (unpaired) electrons. The van der Waals surface area contributed by atoms with E-state index in [0.29, 0.717) is 10.8 Å². The molecule has 0 N–H and O–H groups in total. The van der Waals surface area contributed by atoms with Gasteiger partial charge in [0.1, 0.15) is 0 Å². The van der Waals surface area contributed by atoms with Crippen molar-refractivity contribution in [1.82, 2.24) is 0 Å². The first-order valence-corrected chi connectivity index (χ1v) is 12.5. The summed E-state index contributed by atoms with van der Waals surface area (Å²) in [4.78, 5) is 0. The molecule has 0 heterocycles. The van der Waals surface area contributed by atoms with Crippen LogP contribution in [0.1, 0.15) is 105 Å². The summed E-state index contributed by atoms with van der Waals surface area (Å²) in [5, 5.41) is 0. The van der Waals surface area contributed by atoms with Crippen molar-refractivity contribution in [2.75, 3.05) is 0 Å². The van der Waals surface area contributed by atoms with Crippen LogP contribution in [0.15, 0.2) is 12.2 Å². The Hall–Kier alpha value is -0.260. The molecule has 0 nitrogen and oxygen atoms in total. The van der Waals surface area contributed by atoms with Gasteiger partial charge in [-0.25, -0.2) is 0 Å². The lowest BCUT2D eigenvalue weighted by Crippen LogP contribution is -2.52. The van der Waals surface area contributed by atoms with Gasteiger partial charge in [-0.05, 0) is 104 Å². The number of hydrogen-bond donors (Lipinski definition) is 0. The minimum atomic E-state index is 0.531. The zero-order valence-corrected chi connectivity index (χ0v) is 19.0. The van der Waals surface area contributed by atoms with E-state index < -0.39 is 0 Å². The molecule has 154 valence electrons. The van der Waals surface area contributed by atoms with Crippen molar-refractivity contribution in [3.05, 3.63) is 12.2 Å². The molecule has 0 bridgehead atoms. The third-order valence-electron chi connectivity index (χ3n) is 10.3. The Morgan fingerprint density at radius 2 is 1.70 bits per heavy atom. The molecule has 0 spiro atoms. The summed E-state index contributed by atoms with van der Waals surface area (Å²) in [6.45, 7) is 12.8. The Morgan fingerprint density at radius 3 is 2.48 bits per heavy atom. The van der Waals surface area contributed by atoms with Crippen LogP contribution in [-0.2, 0) is 0 Å². The molecule has 4 aliphatic rings. The molecule has 0 aliphatic heterocycles. The quantitative estimate of drug-likeness (QED) is 0.427. The van der Waals surface area contributed by atoms with Crippen molar-refractivity contribution < 1.29 is 0 Å². The summed E-state index contributed by atoms with van der Waals surface area (Å²) < 4.78 is 0. The first-order valence-electron chi connectivity index (χ1n) is 12.5. The van der Waals surface area contributed by atoms with Crippen molar-refractivity contribution in [1.29, 1.82) is 0 Å². The SMILES string of the molecule is CC(C)CCC[C@@H](C)[C@H]1CC[C@H]2[C@@H]3CCC4CCC=C[C@]4(C)[C@H]3CC[C@]12C. The van der Waals surface area contributed by atoms with Crippen LogP contribution in [0, 0.1) is 52.3 Å². The van der Waals surface area contributed by atoms with Gasteiger partial charge in [0.05, 0.1) is 0 Å². The molecule has 4 aliphatic carbocycles. The van der Waals surface area contributed by atoms with Gasteiger partial charge in [-0.2, -0.15) is 0 Å². The van der Waals surface area contributed by atoms with Gasteiger partial charge in [0.2, 0.25) is 0 Å². The third kappa shape index (κ3) is 3.36. The Bertz CT molecular complexity index is 544. The van der Waals surface area contributed by atoms with E-state index >= 15 is 0 Å². The lowest BCUT2D eigenvalue weighted by molar-refractivity contribution is -0.0845. The topological polar surface area (TPSA) is 0 Å². The highest BCUT2D eigenvalue weighted by atomic mass is 14.6. The zero-order valence-electron chi connectivity index (χ0n) is 19.0. The van der Waals surface area contributed by atoms with Gasteiger partial charge >= 0.3 is 0 Å². The molecule has 0 heteroatoms. The van der Waals surface area contributed by atoms with Gasteiger partial charge in [0, 0.05) is 0 Å². The maximum absolute atomic E-state index is 2.73. The number of fused-ring (bicyclic) bond motifs is 5. The summed E-state index contributed by atoms with van der Waals surface area (Å²) in [5.74, 6) is 6.85. The molecule has 1 unspecified atom stereocenters. The van der Waals surface area contributed by atoms with E-state index in [2.05, 4.69) is 46.8 Å². The van der Waals surface area contributed by atoms with Crippen LogP contribution in [0.3, 0.4) is 0 Å². The van der Waals surface area contributed by atoms with Crippen molar-refractivity contribution in [2.45, 2.75) is 105 Å². The highest BCUT2D eigenvalue weighted by molar-refractivity contribution is 5.15. The summed E-state index contributed by atoms with van der Waals surface area (Å²) >= 11 is 0. The minimum Gasteiger partial charge on any atom is -0.0880 e. The van der Waals surface area contributed by atoms with Crippen LogP contribution in [0.25, 0.3) is 0 Å². The number of allylic oxidation sites excluding steroid dienone is 2.